The van der Waals surface area contributed by atoms with E-state index in [9.17, 15) is 4.79 Å². The van der Waals surface area contributed by atoms with Gasteiger partial charge in [0.15, 0.2) is 5.13 Å². The van der Waals surface area contributed by atoms with Crippen molar-refractivity contribution in [1.82, 2.24) is 4.98 Å². The first-order chi connectivity index (χ1) is 7.16. The van der Waals surface area contributed by atoms with Crippen LogP contribution in [0.2, 0.25) is 5.15 Å². The van der Waals surface area contributed by atoms with Crippen LogP contribution in [0.4, 0.5) is 5.13 Å². The van der Waals surface area contributed by atoms with E-state index in [4.69, 9.17) is 11.6 Å². The molecule has 0 saturated carbocycles. The summed E-state index contributed by atoms with van der Waals surface area (Å²) in [6.45, 7) is 3.50. The summed E-state index contributed by atoms with van der Waals surface area (Å²) in [6.07, 6.45) is 1.87. The van der Waals surface area contributed by atoms with Gasteiger partial charge in [-0.25, -0.2) is 4.98 Å². The number of ketones is 1. The number of halogens is 1. The Morgan fingerprint density at radius 2 is 2.27 bits per heavy atom. The first kappa shape index (κ1) is 10.9. The molecule has 2 heterocycles. The van der Waals surface area contributed by atoms with Crippen molar-refractivity contribution in [2.45, 2.75) is 19.8 Å². The van der Waals surface area contributed by atoms with Crippen molar-refractivity contribution in [3.05, 3.63) is 10.5 Å². The lowest BCUT2D eigenvalue weighted by Crippen LogP contribution is -2.35. The fourth-order valence-electron chi connectivity index (χ4n) is 1.87. The topological polar surface area (TPSA) is 33.2 Å². The summed E-state index contributed by atoms with van der Waals surface area (Å²) >= 11 is 7.34. The molecule has 0 aliphatic carbocycles. The van der Waals surface area contributed by atoms with Gasteiger partial charge in [0.1, 0.15) is 10.9 Å². The maximum atomic E-state index is 11.2. The van der Waals surface area contributed by atoms with E-state index in [1.165, 1.54) is 0 Å². The maximum absolute atomic E-state index is 11.2. The molecule has 2 rings (SSSR count). The molecule has 15 heavy (non-hydrogen) atoms. The highest BCUT2D eigenvalue weighted by atomic mass is 35.5. The van der Waals surface area contributed by atoms with Crippen LogP contribution in [-0.2, 0) is 4.79 Å². The minimum absolute atomic E-state index is 0.247. The molecule has 82 valence electrons. The largest absolute Gasteiger partial charge is 0.348 e. The average molecular weight is 245 g/mol. The van der Waals surface area contributed by atoms with Crippen LogP contribution in [-0.4, -0.2) is 23.9 Å². The SMILES string of the molecule is CC(=O)C1CCN(c2nc(Cl)cs2)CC1. The Kier molecular flexibility index (Phi) is 3.26. The highest BCUT2D eigenvalue weighted by Crippen LogP contribution is 2.27. The highest BCUT2D eigenvalue weighted by molar-refractivity contribution is 7.14. The van der Waals surface area contributed by atoms with Crippen LogP contribution in [0.25, 0.3) is 0 Å². The quantitative estimate of drug-likeness (QED) is 0.802. The molecule has 0 bridgehead atoms. The maximum Gasteiger partial charge on any atom is 0.186 e. The van der Waals surface area contributed by atoms with Gasteiger partial charge in [-0.2, -0.15) is 0 Å². The number of hydrogen-bond acceptors (Lipinski definition) is 4. The van der Waals surface area contributed by atoms with E-state index in [1.807, 2.05) is 5.38 Å². The number of anilines is 1. The van der Waals surface area contributed by atoms with Crippen LogP contribution in [0.5, 0.6) is 0 Å². The summed E-state index contributed by atoms with van der Waals surface area (Å²) in [7, 11) is 0. The second-order valence-corrected chi connectivity index (χ2v) is 5.05. The zero-order chi connectivity index (χ0) is 10.8. The van der Waals surface area contributed by atoms with E-state index in [-0.39, 0.29) is 5.92 Å². The molecule has 0 unspecified atom stereocenters. The summed E-state index contributed by atoms with van der Waals surface area (Å²) in [6, 6.07) is 0. The van der Waals surface area contributed by atoms with Crippen molar-refractivity contribution in [2.24, 2.45) is 5.92 Å². The summed E-state index contributed by atoms with van der Waals surface area (Å²) < 4.78 is 0. The number of aromatic nitrogens is 1. The molecule has 0 radical (unpaired) electrons. The number of carbonyl (C=O) groups is 1. The van der Waals surface area contributed by atoms with Gasteiger partial charge in [0, 0.05) is 24.4 Å². The van der Waals surface area contributed by atoms with Crippen LogP contribution in [0, 0.1) is 5.92 Å². The van der Waals surface area contributed by atoms with Crippen LogP contribution in [0.1, 0.15) is 19.8 Å². The Labute approximate surface area is 98.1 Å². The van der Waals surface area contributed by atoms with Crippen molar-refractivity contribution in [2.75, 3.05) is 18.0 Å². The molecule has 0 N–H and O–H groups in total. The van der Waals surface area contributed by atoms with E-state index < -0.39 is 0 Å². The van der Waals surface area contributed by atoms with Gasteiger partial charge in [0.2, 0.25) is 0 Å². The molecule has 1 fully saturated rings. The number of nitrogens with zero attached hydrogens (tertiary/aromatic N) is 2. The predicted molar refractivity (Wildman–Crippen MR) is 62.7 cm³/mol. The summed E-state index contributed by atoms with van der Waals surface area (Å²) in [5.74, 6) is 0.559. The van der Waals surface area contributed by atoms with Gasteiger partial charge in [-0.1, -0.05) is 11.6 Å². The van der Waals surface area contributed by atoms with Gasteiger partial charge < -0.3 is 4.90 Å². The number of hydrogen-bond donors (Lipinski definition) is 0. The fourth-order valence-corrected chi connectivity index (χ4v) is 2.87. The number of carbonyl (C=O) groups excluding carboxylic acids is 1. The summed E-state index contributed by atoms with van der Waals surface area (Å²) in [4.78, 5) is 17.6. The molecule has 0 aromatic carbocycles. The minimum Gasteiger partial charge on any atom is -0.348 e. The number of rotatable bonds is 2. The van der Waals surface area contributed by atoms with E-state index >= 15 is 0 Å². The third-order valence-corrected chi connectivity index (χ3v) is 4.03. The van der Waals surface area contributed by atoms with Gasteiger partial charge in [-0.05, 0) is 19.8 Å². The molecule has 1 saturated heterocycles. The van der Waals surface area contributed by atoms with E-state index in [2.05, 4.69) is 9.88 Å². The lowest BCUT2D eigenvalue weighted by Gasteiger charge is -2.30. The lowest BCUT2D eigenvalue weighted by molar-refractivity contribution is -0.121. The van der Waals surface area contributed by atoms with Crippen molar-refractivity contribution in [3.8, 4) is 0 Å². The summed E-state index contributed by atoms with van der Waals surface area (Å²) in [5.41, 5.74) is 0. The molecule has 5 heteroatoms. The smallest absolute Gasteiger partial charge is 0.186 e. The van der Waals surface area contributed by atoms with Crippen molar-refractivity contribution < 1.29 is 4.79 Å². The van der Waals surface area contributed by atoms with Gasteiger partial charge in [0.05, 0.1) is 0 Å². The molecule has 3 nitrogen and oxygen atoms in total. The highest BCUT2D eigenvalue weighted by Gasteiger charge is 2.23. The third kappa shape index (κ3) is 2.49. The molecule has 1 aromatic rings. The van der Waals surface area contributed by atoms with Crippen molar-refractivity contribution in [1.29, 1.82) is 0 Å². The lowest BCUT2D eigenvalue weighted by atomic mass is 9.94. The Bertz CT molecular complexity index is 358. The zero-order valence-electron chi connectivity index (χ0n) is 8.57. The first-order valence-corrected chi connectivity index (χ1v) is 6.29. The van der Waals surface area contributed by atoms with Crippen LogP contribution in [0.15, 0.2) is 5.38 Å². The van der Waals surface area contributed by atoms with Crippen LogP contribution in [0.3, 0.4) is 0 Å². The standard InChI is InChI=1S/C10H13ClN2OS/c1-7(14)8-2-4-13(5-3-8)10-12-9(11)6-15-10/h6,8H,2-5H2,1H3. The minimum atomic E-state index is 0.247. The van der Waals surface area contributed by atoms with Crippen molar-refractivity contribution in [3.63, 3.8) is 0 Å². The van der Waals surface area contributed by atoms with Gasteiger partial charge in [-0.3, -0.25) is 4.79 Å². The first-order valence-electron chi connectivity index (χ1n) is 5.03. The monoisotopic (exact) mass is 244 g/mol. The second-order valence-electron chi connectivity index (χ2n) is 3.82. The number of thiazole rings is 1. The number of Topliss-reactive ketones (excluding diaryl/α,β-unsaturated/α-hetero) is 1. The average Bonchev–Trinajstić information content (AvgIpc) is 2.65. The number of piperidine rings is 1. The van der Waals surface area contributed by atoms with Crippen molar-refractivity contribution >= 4 is 33.9 Å². The molecule has 0 atom stereocenters. The van der Waals surface area contributed by atoms with Gasteiger partial charge >= 0.3 is 0 Å². The zero-order valence-corrected chi connectivity index (χ0v) is 10.1. The molecule has 1 aliphatic rings. The predicted octanol–water partition coefficient (Wildman–Crippen LogP) is 2.60. The van der Waals surface area contributed by atoms with Crippen LogP contribution < -0.4 is 4.90 Å². The normalized spacial score (nSPS) is 18.1. The molecule has 1 aliphatic heterocycles. The van der Waals surface area contributed by atoms with E-state index in [0.717, 1.165) is 31.1 Å². The molecule has 1 aromatic heterocycles. The fraction of sp³-hybridized carbons (Fsp3) is 0.600. The molecular formula is C10H13ClN2OS. The van der Waals surface area contributed by atoms with Gasteiger partial charge in [-0.15, -0.1) is 11.3 Å². The summed E-state index contributed by atoms with van der Waals surface area (Å²) in [5, 5.41) is 3.37. The molecule has 0 spiro atoms. The Morgan fingerprint density at radius 1 is 1.60 bits per heavy atom. The Balaban J connectivity index is 1.96. The van der Waals surface area contributed by atoms with E-state index in [0.29, 0.717) is 10.9 Å². The van der Waals surface area contributed by atoms with Gasteiger partial charge in [0.25, 0.3) is 0 Å². The Hall–Kier alpha value is -0.610. The molecular weight excluding hydrogens is 232 g/mol. The van der Waals surface area contributed by atoms with Crippen LogP contribution >= 0.6 is 22.9 Å². The Morgan fingerprint density at radius 3 is 2.73 bits per heavy atom. The second kappa shape index (κ2) is 4.49. The molecule has 0 amide bonds. The third-order valence-electron chi connectivity index (χ3n) is 2.80. The van der Waals surface area contributed by atoms with E-state index in [1.54, 1.807) is 18.3 Å².